The van der Waals surface area contributed by atoms with Gasteiger partial charge >= 0.3 is 0 Å². The van der Waals surface area contributed by atoms with Crippen molar-refractivity contribution in [3.05, 3.63) is 33.8 Å². The van der Waals surface area contributed by atoms with Crippen LogP contribution in [0, 0.1) is 11.8 Å². The molecule has 0 aromatic heterocycles. The average Bonchev–Trinajstić information content (AvgIpc) is 2.29. The second-order valence-corrected chi connectivity index (χ2v) is 5.51. The van der Waals surface area contributed by atoms with E-state index in [4.69, 9.17) is 23.2 Å². The van der Waals surface area contributed by atoms with E-state index in [1.54, 1.807) is 0 Å². The molecule has 0 saturated heterocycles. The Bertz CT molecular complexity index is 350. The van der Waals surface area contributed by atoms with Gasteiger partial charge in [0.1, 0.15) is 0 Å². The predicted octanol–water partition coefficient (Wildman–Crippen LogP) is 4.42. The highest BCUT2D eigenvalue weighted by Gasteiger charge is 2.15. The van der Waals surface area contributed by atoms with Gasteiger partial charge in [-0.05, 0) is 43.0 Å². The quantitative estimate of drug-likeness (QED) is 0.809. The lowest BCUT2D eigenvalue weighted by atomic mass is 9.89. The van der Waals surface area contributed by atoms with Crippen molar-refractivity contribution in [2.45, 2.75) is 27.2 Å². The molecule has 0 aliphatic heterocycles. The van der Waals surface area contributed by atoms with Gasteiger partial charge in [0.15, 0.2) is 0 Å². The van der Waals surface area contributed by atoms with Crippen LogP contribution in [-0.4, -0.2) is 13.1 Å². The standard InChI is InChI=1S/C14H21Cl2N/c1-4-17-9-12(10(2)3)8-11-6-5-7-13(15)14(11)16/h5-7,10,12,17H,4,8-9H2,1-3H3. The molecule has 0 aliphatic rings. The summed E-state index contributed by atoms with van der Waals surface area (Å²) in [4.78, 5) is 0. The van der Waals surface area contributed by atoms with Crippen LogP contribution in [-0.2, 0) is 6.42 Å². The van der Waals surface area contributed by atoms with Gasteiger partial charge < -0.3 is 5.32 Å². The van der Waals surface area contributed by atoms with E-state index in [-0.39, 0.29) is 0 Å². The van der Waals surface area contributed by atoms with E-state index in [1.165, 1.54) is 0 Å². The van der Waals surface area contributed by atoms with Crippen LogP contribution in [0.25, 0.3) is 0 Å². The van der Waals surface area contributed by atoms with Gasteiger partial charge in [0.25, 0.3) is 0 Å². The molecule has 0 fully saturated rings. The summed E-state index contributed by atoms with van der Waals surface area (Å²) in [6.07, 6.45) is 0.976. The van der Waals surface area contributed by atoms with Crippen molar-refractivity contribution in [1.29, 1.82) is 0 Å². The molecule has 0 amide bonds. The van der Waals surface area contributed by atoms with Crippen LogP contribution in [0.5, 0.6) is 0 Å². The molecule has 0 radical (unpaired) electrons. The lowest BCUT2D eigenvalue weighted by molar-refractivity contribution is 0.364. The molecule has 1 aromatic carbocycles. The van der Waals surface area contributed by atoms with Gasteiger partial charge in [0.2, 0.25) is 0 Å². The second-order valence-electron chi connectivity index (χ2n) is 4.73. The average molecular weight is 274 g/mol. The first-order valence-electron chi connectivity index (χ1n) is 6.19. The Kier molecular flexibility index (Phi) is 6.32. The van der Waals surface area contributed by atoms with Crippen molar-refractivity contribution in [2.75, 3.05) is 13.1 Å². The molecule has 0 saturated carbocycles. The Morgan fingerprint density at radius 2 is 1.94 bits per heavy atom. The topological polar surface area (TPSA) is 12.0 Å². The summed E-state index contributed by atoms with van der Waals surface area (Å²) in [5.41, 5.74) is 1.15. The zero-order valence-electron chi connectivity index (χ0n) is 10.8. The molecule has 0 aliphatic carbocycles. The van der Waals surface area contributed by atoms with Crippen molar-refractivity contribution in [1.82, 2.24) is 5.32 Å². The molecule has 1 rings (SSSR count). The van der Waals surface area contributed by atoms with Gasteiger partial charge in [-0.3, -0.25) is 0 Å². The van der Waals surface area contributed by atoms with Gasteiger partial charge in [0, 0.05) is 0 Å². The summed E-state index contributed by atoms with van der Waals surface area (Å²) >= 11 is 12.3. The lowest BCUT2D eigenvalue weighted by Crippen LogP contribution is -2.27. The van der Waals surface area contributed by atoms with Crippen LogP contribution in [0.4, 0.5) is 0 Å². The molecule has 1 nitrogen and oxygen atoms in total. The fraction of sp³-hybridized carbons (Fsp3) is 0.571. The summed E-state index contributed by atoms with van der Waals surface area (Å²) in [6, 6.07) is 5.87. The monoisotopic (exact) mass is 273 g/mol. The second kappa shape index (κ2) is 7.25. The smallest absolute Gasteiger partial charge is 0.0624 e. The minimum absolute atomic E-state index is 0.589. The maximum Gasteiger partial charge on any atom is 0.0624 e. The van der Waals surface area contributed by atoms with E-state index in [0.29, 0.717) is 21.9 Å². The molecule has 1 aromatic rings. The first-order valence-corrected chi connectivity index (χ1v) is 6.95. The molecule has 1 N–H and O–H groups in total. The van der Waals surface area contributed by atoms with E-state index in [0.717, 1.165) is 25.1 Å². The molecule has 0 bridgehead atoms. The van der Waals surface area contributed by atoms with Gasteiger partial charge in [-0.15, -0.1) is 0 Å². The first-order chi connectivity index (χ1) is 8.06. The van der Waals surface area contributed by atoms with Crippen LogP contribution in [0.2, 0.25) is 10.0 Å². The molecule has 96 valence electrons. The van der Waals surface area contributed by atoms with Crippen molar-refractivity contribution in [2.24, 2.45) is 11.8 Å². The number of rotatable bonds is 6. The van der Waals surface area contributed by atoms with Crippen LogP contribution in [0.3, 0.4) is 0 Å². The van der Waals surface area contributed by atoms with E-state index >= 15 is 0 Å². The molecule has 17 heavy (non-hydrogen) atoms. The third kappa shape index (κ3) is 4.50. The fourth-order valence-electron chi connectivity index (χ4n) is 1.86. The van der Waals surface area contributed by atoms with Crippen LogP contribution in [0.15, 0.2) is 18.2 Å². The van der Waals surface area contributed by atoms with Gasteiger partial charge in [0.05, 0.1) is 10.0 Å². The van der Waals surface area contributed by atoms with Gasteiger partial charge in [-0.25, -0.2) is 0 Å². The highest BCUT2D eigenvalue weighted by atomic mass is 35.5. The largest absolute Gasteiger partial charge is 0.317 e. The Morgan fingerprint density at radius 1 is 1.24 bits per heavy atom. The van der Waals surface area contributed by atoms with Crippen molar-refractivity contribution >= 4 is 23.2 Å². The minimum atomic E-state index is 0.589. The Morgan fingerprint density at radius 3 is 2.53 bits per heavy atom. The van der Waals surface area contributed by atoms with Crippen molar-refractivity contribution in [3.63, 3.8) is 0 Å². The summed E-state index contributed by atoms with van der Waals surface area (Å²) < 4.78 is 0. The summed E-state index contributed by atoms with van der Waals surface area (Å²) in [5, 5.41) is 4.76. The van der Waals surface area contributed by atoms with Crippen LogP contribution < -0.4 is 5.32 Å². The maximum absolute atomic E-state index is 6.22. The molecule has 0 spiro atoms. The molecule has 3 heteroatoms. The number of hydrogen-bond acceptors (Lipinski definition) is 1. The van der Waals surface area contributed by atoms with Gasteiger partial charge in [-0.1, -0.05) is 56.1 Å². The van der Waals surface area contributed by atoms with Crippen LogP contribution in [0.1, 0.15) is 26.3 Å². The lowest BCUT2D eigenvalue weighted by Gasteiger charge is -2.22. The molecule has 1 atom stereocenters. The third-order valence-electron chi connectivity index (χ3n) is 3.11. The van der Waals surface area contributed by atoms with E-state index in [2.05, 4.69) is 32.2 Å². The number of halogens is 2. The SMILES string of the molecule is CCNCC(Cc1cccc(Cl)c1Cl)C(C)C. The zero-order valence-corrected chi connectivity index (χ0v) is 12.3. The van der Waals surface area contributed by atoms with Crippen molar-refractivity contribution in [3.8, 4) is 0 Å². The van der Waals surface area contributed by atoms with E-state index in [9.17, 15) is 0 Å². The highest BCUT2D eigenvalue weighted by Crippen LogP contribution is 2.28. The maximum atomic E-state index is 6.22. The highest BCUT2D eigenvalue weighted by molar-refractivity contribution is 6.42. The first kappa shape index (κ1) is 14.8. The molecule has 1 unspecified atom stereocenters. The molecular weight excluding hydrogens is 253 g/mol. The van der Waals surface area contributed by atoms with Crippen LogP contribution >= 0.6 is 23.2 Å². The third-order valence-corrected chi connectivity index (χ3v) is 3.97. The fourth-order valence-corrected chi connectivity index (χ4v) is 2.26. The van der Waals surface area contributed by atoms with E-state index < -0.39 is 0 Å². The number of benzene rings is 1. The number of hydrogen-bond donors (Lipinski definition) is 1. The van der Waals surface area contributed by atoms with Gasteiger partial charge in [-0.2, -0.15) is 0 Å². The summed E-state index contributed by atoms with van der Waals surface area (Å²) in [7, 11) is 0. The summed E-state index contributed by atoms with van der Waals surface area (Å²) in [6.45, 7) is 8.66. The minimum Gasteiger partial charge on any atom is -0.317 e. The number of nitrogens with one attached hydrogen (secondary N) is 1. The molecular formula is C14H21Cl2N. The van der Waals surface area contributed by atoms with Crippen molar-refractivity contribution < 1.29 is 0 Å². The normalized spacial score (nSPS) is 13.1. The Hall–Kier alpha value is -0.240. The zero-order chi connectivity index (χ0) is 12.8. The Balaban J connectivity index is 2.75. The predicted molar refractivity (Wildman–Crippen MR) is 77.0 cm³/mol. The Labute approximate surface area is 115 Å². The summed E-state index contributed by atoms with van der Waals surface area (Å²) in [5.74, 6) is 1.22. The van der Waals surface area contributed by atoms with E-state index in [1.807, 2.05) is 12.1 Å². The molecule has 0 heterocycles.